The van der Waals surface area contributed by atoms with Crippen LogP contribution < -0.4 is 10.1 Å². The Morgan fingerprint density at radius 2 is 1.80 bits per heavy atom. The Kier molecular flexibility index (Phi) is 8.90. The number of hydrogen-bond donors (Lipinski definition) is 1. The summed E-state index contributed by atoms with van der Waals surface area (Å²) in [6, 6.07) is 11.2. The molecule has 0 bridgehead atoms. The van der Waals surface area contributed by atoms with Gasteiger partial charge in [0.2, 0.25) is 5.91 Å². The first-order valence-corrected chi connectivity index (χ1v) is 11.0. The van der Waals surface area contributed by atoms with E-state index in [2.05, 4.69) is 21.2 Å². The van der Waals surface area contributed by atoms with Crippen molar-refractivity contribution in [3.63, 3.8) is 0 Å². The number of carbonyl (C=O) groups excluding carboxylic acids is 2. The Hall–Kier alpha value is -2.34. The molecule has 0 saturated carbocycles. The van der Waals surface area contributed by atoms with Gasteiger partial charge in [-0.25, -0.2) is 0 Å². The summed E-state index contributed by atoms with van der Waals surface area (Å²) in [5.74, 6) is 0.252. The number of amides is 2. The average molecular weight is 475 g/mol. The van der Waals surface area contributed by atoms with Crippen LogP contribution in [-0.4, -0.2) is 35.9 Å². The van der Waals surface area contributed by atoms with Gasteiger partial charge >= 0.3 is 0 Å². The van der Waals surface area contributed by atoms with Gasteiger partial charge in [-0.1, -0.05) is 52.7 Å². The van der Waals surface area contributed by atoms with Crippen molar-refractivity contribution in [2.24, 2.45) is 0 Å². The number of hydrogen-bond acceptors (Lipinski definition) is 3. The highest BCUT2D eigenvalue weighted by Gasteiger charge is 2.26. The standard InChI is InChI=1S/C24H31BrN2O3/c1-6-10-26-24(29)19(5)27(14-20-9-7-8-16(2)11-20)22(28)15-30-21-12-17(3)23(25)18(4)13-21/h7-9,11-13,19H,6,10,14-15H2,1-5H3,(H,26,29). The summed E-state index contributed by atoms with van der Waals surface area (Å²) in [6.07, 6.45) is 0.843. The lowest BCUT2D eigenvalue weighted by Crippen LogP contribution is -2.49. The van der Waals surface area contributed by atoms with Gasteiger partial charge in [0.25, 0.3) is 5.91 Å². The van der Waals surface area contributed by atoms with Crippen LogP contribution in [-0.2, 0) is 16.1 Å². The molecule has 0 aliphatic carbocycles. The lowest BCUT2D eigenvalue weighted by molar-refractivity contribution is -0.142. The van der Waals surface area contributed by atoms with Crippen LogP contribution in [0.15, 0.2) is 40.9 Å². The largest absolute Gasteiger partial charge is 0.484 e. The van der Waals surface area contributed by atoms with Crippen LogP contribution in [0.2, 0.25) is 0 Å². The van der Waals surface area contributed by atoms with Crippen molar-refractivity contribution in [2.75, 3.05) is 13.2 Å². The third kappa shape index (κ3) is 6.59. The van der Waals surface area contributed by atoms with Crippen molar-refractivity contribution in [1.82, 2.24) is 10.2 Å². The first kappa shape index (κ1) is 23.9. The number of aryl methyl sites for hydroxylation is 3. The van der Waals surface area contributed by atoms with Crippen molar-refractivity contribution in [2.45, 2.75) is 53.6 Å². The maximum absolute atomic E-state index is 13.1. The van der Waals surface area contributed by atoms with Crippen LogP contribution in [0.4, 0.5) is 0 Å². The Morgan fingerprint density at radius 3 is 2.40 bits per heavy atom. The van der Waals surface area contributed by atoms with E-state index in [1.165, 1.54) is 0 Å². The van der Waals surface area contributed by atoms with E-state index in [9.17, 15) is 9.59 Å². The van der Waals surface area contributed by atoms with Gasteiger partial charge in [0, 0.05) is 17.6 Å². The van der Waals surface area contributed by atoms with E-state index in [-0.39, 0.29) is 18.4 Å². The normalized spacial score (nSPS) is 11.7. The van der Waals surface area contributed by atoms with Crippen LogP contribution in [0.25, 0.3) is 0 Å². The third-order valence-electron chi connectivity index (χ3n) is 4.92. The molecule has 0 saturated heterocycles. The second kappa shape index (κ2) is 11.2. The summed E-state index contributed by atoms with van der Waals surface area (Å²) in [6.45, 7) is 10.5. The molecule has 1 N–H and O–H groups in total. The van der Waals surface area contributed by atoms with E-state index >= 15 is 0 Å². The maximum Gasteiger partial charge on any atom is 0.261 e. The number of nitrogens with one attached hydrogen (secondary N) is 1. The molecule has 2 aromatic carbocycles. The molecule has 1 atom stereocenters. The summed E-state index contributed by atoms with van der Waals surface area (Å²) >= 11 is 3.54. The van der Waals surface area contributed by atoms with Gasteiger partial charge in [0.1, 0.15) is 11.8 Å². The average Bonchev–Trinajstić information content (AvgIpc) is 2.71. The summed E-state index contributed by atoms with van der Waals surface area (Å²) in [5.41, 5.74) is 4.18. The number of nitrogens with zero attached hydrogens (tertiary/aromatic N) is 1. The lowest BCUT2D eigenvalue weighted by atomic mass is 10.1. The van der Waals surface area contributed by atoms with Gasteiger partial charge < -0.3 is 15.0 Å². The van der Waals surface area contributed by atoms with E-state index in [1.807, 2.05) is 64.1 Å². The van der Waals surface area contributed by atoms with Crippen LogP contribution in [0, 0.1) is 20.8 Å². The Labute approximate surface area is 187 Å². The highest BCUT2D eigenvalue weighted by molar-refractivity contribution is 9.10. The number of halogens is 1. The first-order valence-electron chi connectivity index (χ1n) is 10.2. The minimum atomic E-state index is -0.596. The first-order chi connectivity index (χ1) is 14.2. The number of ether oxygens (including phenoxy) is 1. The number of rotatable bonds is 9. The molecular weight excluding hydrogens is 444 g/mol. The zero-order chi connectivity index (χ0) is 22.3. The Balaban J connectivity index is 2.17. The minimum Gasteiger partial charge on any atom is -0.484 e. The highest BCUT2D eigenvalue weighted by atomic mass is 79.9. The molecule has 5 nitrogen and oxygen atoms in total. The number of carbonyl (C=O) groups is 2. The van der Waals surface area contributed by atoms with Crippen LogP contribution in [0.5, 0.6) is 5.75 Å². The van der Waals surface area contributed by atoms with Crippen molar-refractivity contribution in [3.8, 4) is 5.75 Å². The molecule has 162 valence electrons. The smallest absolute Gasteiger partial charge is 0.261 e. The maximum atomic E-state index is 13.1. The molecule has 0 aromatic heterocycles. The molecule has 1 unspecified atom stereocenters. The second-order valence-corrected chi connectivity index (χ2v) is 8.43. The molecule has 0 radical (unpaired) electrons. The van der Waals surface area contributed by atoms with Crippen molar-refractivity contribution in [3.05, 3.63) is 63.1 Å². The lowest BCUT2D eigenvalue weighted by Gasteiger charge is -2.29. The molecule has 0 aliphatic heterocycles. The fourth-order valence-corrected chi connectivity index (χ4v) is 3.43. The molecule has 0 aliphatic rings. The molecule has 6 heteroatoms. The molecule has 2 rings (SSSR count). The van der Waals surface area contributed by atoms with Crippen molar-refractivity contribution in [1.29, 1.82) is 0 Å². The zero-order valence-electron chi connectivity index (χ0n) is 18.4. The summed E-state index contributed by atoms with van der Waals surface area (Å²) in [7, 11) is 0. The molecule has 0 fully saturated rings. The fourth-order valence-electron chi connectivity index (χ4n) is 3.20. The van der Waals surface area contributed by atoms with E-state index in [1.54, 1.807) is 11.8 Å². The van der Waals surface area contributed by atoms with Crippen LogP contribution in [0.3, 0.4) is 0 Å². The van der Waals surface area contributed by atoms with E-state index in [0.29, 0.717) is 18.8 Å². The SMILES string of the molecule is CCCNC(=O)C(C)N(Cc1cccc(C)c1)C(=O)COc1cc(C)c(Br)c(C)c1. The third-order valence-corrected chi connectivity index (χ3v) is 6.18. The van der Waals surface area contributed by atoms with Gasteiger partial charge in [0.15, 0.2) is 6.61 Å². The highest BCUT2D eigenvalue weighted by Crippen LogP contribution is 2.26. The van der Waals surface area contributed by atoms with Gasteiger partial charge in [-0.3, -0.25) is 9.59 Å². The zero-order valence-corrected chi connectivity index (χ0v) is 20.0. The molecular formula is C24H31BrN2O3. The topological polar surface area (TPSA) is 58.6 Å². The van der Waals surface area contributed by atoms with Crippen LogP contribution >= 0.6 is 15.9 Å². The summed E-state index contributed by atoms with van der Waals surface area (Å²) in [4.78, 5) is 27.2. The Morgan fingerprint density at radius 1 is 1.13 bits per heavy atom. The minimum absolute atomic E-state index is 0.127. The fraction of sp³-hybridized carbons (Fsp3) is 0.417. The van der Waals surface area contributed by atoms with E-state index in [0.717, 1.165) is 33.1 Å². The van der Waals surface area contributed by atoms with E-state index in [4.69, 9.17) is 4.74 Å². The Bertz CT molecular complexity index is 875. The molecule has 0 spiro atoms. The molecule has 2 amide bonds. The monoisotopic (exact) mass is 474 g/mol. The van der Waals surface area contributed by atoms with Gasteiger partial charge in [-0.2, -0.15) is 0 Å². The molecule has 30 heavy (non-hydrogen) atoms. The summed E-state index contributed by atoms with van der Waals surface area (Å²) in [5, 5.41) is 2.88. The quantitative estimate of drug-likeness (QED) is 0.572. The molecule has 0 heterocycles. The summed E-state index contributed by atoms with van der Waals surface area (Å²) < 4.78 is 6.83. The van der Waals surface area contributed by atoms with Crippen LogP contribution in [0.1, 0.15) is 42.5 Å². The predicted molar refractivity (Wildman–Crippen MR) is 124 cm³/mol. The van der Waals surface area contributed by atoms with Crippen molar-refractivity contribution < 1.29 is 14.3 Å². The van der Waals surface area contributed by atoms with Gasteiger partial charge in [-0.05, 0) is 62.9 Å². The second-order valence-electron chi connectivity index (χ2n) is 7.64. The van der Waals surface area contributed by atoms with Gasteiger partial charge in [0.05, 0.1) is 0 Å². The van der Waals surface area contributed by atoms with Gasteiger partial charge in [-0.15, -0.1) is 0 Å². The molecule has 2 aromatic rings. The van der Waals surface area contributed by atoms with Crippen molar-refractivity contribution >= 4 is 27.7 Å². The number of benzene rings is 2. The van der Waals surface area contributed by atoms with E-state index < -0.39 is 6.04 Å². The predicted octanol–water partition coefficient (Wildman–Crippen LogP) is 4.70.